The number of nitrogens with two attached hydrogens (primary N) is 1. The first kappa shape index (κ1) is 11.6. The summed E-state index contributed by atoms with van der Waals surface area (Å²) in [5.41, 5.74) is 6.83. The minimum absolute atomic E-state index is 0.203. The molecule has 1 aromatic carbocycles. The molecule has 0 spiro atoms. The van der Waals surface area contributed by atoms with Gasteiger partial charge in [0.25, 0.3) is 0 Å². The third-order valence-corrected chi connectivity index (χ3v) is 5.51. The molecule has 0 aliphatic heterocycles. The van der Waals surface area contributed by atoms with Crippen LogP contribution in [-0.2, 0) is 9.84 Å². The maximum atomic E-state index is 12.3. The molecule has 1 fully saturated rings. The van der Waals surface area contributed by atoms with Gasteiger partial charge in [0.15, 0.2) is 9.84 Å². The van der Waals surface area contributed by atoms with Crippen molar-refractivity contribution in [3.8, 4) is 0 Å². The van der Waals surface area contributed by atoms with Crippen LogP contribution in [0.15, 0.2) is 29.2 Å². The zero-order valence-electron chi connectivity index (χ0n) is 9.39. The van der Waals surface area contributed by atoms with Crippen LogP contribution in [0.2, 0.25) is 0 Å². The minimum Gasteiger partial charge on any atom is -0.327 e. The fourth-order valence-electron chi connectivity index (χ4n) is 2.31. The van der Waals surface area contributed by atoms with E-state index in [-0.39, 0.29) is 6.04 Å². The van der Waals surface area contributed by atoms with Gasteiger partial charge in [0, 0.05) is 6.04 Å². The minimum atomic E-state index is -3.24. The second kappa shape index (κ2) is 4.18. The van der Waals surface area contributed by atoms with Gasteiger partial charge in [-0.25, -0.2) is 8.42 Å². The van der Waals surface area contributed by atoms with Gasteiger partial charge < -0.3 is 5.73 Å². The summed E-state index contributed by atoms with van der Waals surface area (Å²) in [7, 11) is -3.24. The van der Waals surface area contributed by atoms with Crippen LogP contribution in [0.25, 0.3) is 0 Å². The van der Waals surface area contributed by atoms with Crippen molar-refractivity contribution in [3.05, 3.63) is 29.8 Å². The zero-order valence-corrected chi connectivity index (χ0v) is 10.2. The van der Waals surface area contributed by atoms with E-state index in [1.54, 1.807) is 18.2 Å². The number of aryl methyl sites for hydroxylation is 1. The van der Waals surface area contributed by atoms with Crippen LogP contribution < -0.4 is 5.73 Å². The van der Waals surface area contributed by atoms with Gasteiger partial charge in [0.05, 0.1) is 10.1 Å². The smallest absolute Gasteiger partial charge is 0.182 e. The number of hydrogen-bond donors (Lipinski definition) is 1. The van der Waals surface area contributed by atoms with Crippen LogP contribution >= 0.6 is 0 Å². The Kier molecular flexibility index (Phi) is 3.04. The lowest BCUT2D eigenvalue weighted by Crippen LogP contribution is -2.35. The van der Waals surface area contributed by atoms with Crippen molar-refractivity contribution in [2.45, 2.75) is 42.4 Å². The van der Waals surface area contributed by atoms with Gasteiger partial charge >= 0.3 is 0 Å². The highest BCUT2D eigenvalue weighted by Gasteiger charge is 2.36. The van der Waals surface area contributed by atoms with E-state index in [1.165, 1.54) is 0 Å². The highest BCUT2D eigenvalue weighted by atomic mass is 32.2. The molecule has 2 unspecified atom stereocenters. The maximum absolute atomic E-state index is 12.3. The summed E-state index contributed by atoms with van der Waals surface area (Å²) in [6.45, 7) is 1.90. The molecule has 0 aromatic heterocycles. The van der Waals surface area contributed by atoms with E-state index in [0.29, 0.717) is 11.3 Å². The van der Waals surface area contributed by atoms with Crippen molar-refractivity contribution in [2.75, 3.05) is 0 Å². The molecule has 0 heterocycles. The molecule has 2 N–H and O–H groups in total. The number of benzene rings is 1. The Bertz CT molecular complexity index is 482. The number of rotatable bonds is 2. The Morgan fingerprint density at radius 2 is 2.06 bits per heavy atom. The molecular formula is C12H17NO2S. The predicted molar refractivity (Wildman–Crippen MR) is 64.0 cm³/mol. The van der Waals surface area contributed by atoms with E-state index in [4.69, 9.17) is 5.73 Å². The summed E-state index contributed by atoms with van der Waals surface area (Å²) in [5.74, 6) is 0. The molecule has 0 amide bonds. The van der Waals surface area contributed by atoms with Gasteiger partial charge in [0.1, 0.15) is 0 Å². The van der Waals surface area contributed by atoms with Gasteiger partial charge in [0.2, 0.25) is 0 Å². The second-order valence-electron chi connectivity index (χ2n) is 4.49. The molecule has 16 heavy (non-hydrogen) atoms. The van der Waals surface area contributed by atoms with Gasteiger partial charge in [-0.2, -0.15) is 0 Å². The normalized spacial score (nSPS) is 25.9. The standard InChI is InChI=1S/C12H17NO2S/c1-9-4-2-5-10(8-9)16(14,15)12-7-3-6-11(12)13/h2,4-5,8,11-12H,3,6-7,13H2,1H3. The summed E-state index contributed by atoms with van der Waals surface area (Å²) in [5, 5.41) is -0.394. The lowest BCUT2D eigenvalue weighted by Gasteiger charge is -2.16. The summed E-state index contributed by atoms with van der Waals surface area (Å²) in [6, 6.07) is 6.86. The monoisotopic (exact) mass is 239 g/mol. The van der Waals surface area contributed by atoms with Crippen LogP contribution in [0.4, 0.5) is 0 Å². The Hall–Kier alpha value is -0.870. The van der Waals surface area contributed by atoms with E-state index in [1.807, 2.05) is 13.0 Å². The van der Waals surface area contributed by atoms with Gasteiger partial charge in [-0.15, -0.1) is 0 Å². The third kappa shape index (κ3) is 1.99. The molecule has 0 radical (unpaired) electrons. The van der Waals surface area contributed by atoms with Crippen molar-refractivity contribution < 1.29 is 8.42 Å². The molecule has 0 bridgehead atoms. The first-order chi connectivity index (χ1) is 7.51. The molecule has 1 aromatic rings. The van der Waals surface area contributed by atoms with E-state index < -0.39 is 15.1 Å². The molecule has 2 atom stereocenters. The third-order valence-electron chi connectivity index (χ3n) is 3.22. The van der Waals surface area contributed by atoms with Gasteiger partial charge in [-0.05, 0) is 37.5 Å². The Labute approximate surface area is 96.6 Å². The summed E-state index contributed by atoms with van der Waals surface area (Å²) in [4.78, 5) is 0.412. The van der Waals surface area contributed by atoms with Crippen molar-refractivity contribution in [1.29, 1.82) is 0 Å². The first-order valence-corrected chi connectivity index (χ1v) is 7.12. The van der Waals surface area contributed by atoms with Crippen molar-refractivity contribution in [1.82, 2.24) is 0 Å². The zero-order chi connectivity index (χ0) is 11.8. The molecule has 3 nitrogen and oxygen atoms in total. The number of sulfone groups is 1. The van der Waals surface area contributed by atoms with Gasteiger partial charge in [-0.1, -0.05) is 18.6 Å². The Morgan fingerprint density at radius 1 is 1.31 bits per heavy atom. The maximum Gasteiger partial charge on any atom is 0.182 e. The molecular weight excluding hydrogens is 222 g/mol. The fourth-order valence-corrected chi connectivity index (χ4v) is 4.35. The topological polar surface area (TPSA) is 60.2 Å². The van der Waals surface area contributed by atoms with Crippen molar-refractivity contribution >= 4 is 9.84 Å². The average Bonchev–Trinajstić information content (AvgIpc) is 2.65. The van der Waals surface area contributed by atoms with E-state index in [0.717, 1.165) is 18.4 Å². The SMILES string of the molecule is Cc1cccc(S(=O)(=O)C2CCCC2N)c1. The van der Waals surface area contributed by atoms with Crippen LogP contribution in [0.1, 0.15) is 24.8 Å². The quantitative estimate of drug-likeness (QED) is 0.853. The Morgan fingerprint density at radius 3 is 2.62 bits per heavy atom. The lowest BCUT2D eigenvalue weighted by molar-refractivity contribution is 0.568. The van der Waals surface area contributed by atoms with E-state index >= 15 is 0 Å². The largest absolute Gasteiger partial charge is 0.327 e. The predicted octanol–water partition coefficient (Wildman–Crippen LogP) is 1.65. The van der Waals surface area contributed by atoms with Crippen molar-refractivity contribution in [2.24, 2.45) is 5.73 Å². The second-order valence-corrected chi connectivity index (χ2v) is 6.66. The molecule has 1 aliphatic carbocycles. The average molecular weight is 239 g/mol. The highest BCUT2D eigenvalue weighted by molar-refractivity contribution is 7.92. The summed E-state index contributed by atoms with van der Waals surface area (Å²) in [6.07, 6.45) is 2.42. The molecule has 1 saturated carbocycles. The molecule has 4 heteroatoms. The van der Waals surface area contributed by atoms with Crippen LogP contribution in [0, 0.1) is 6.92 Å². The van der Waals surface area contributed by atoms with Crippen LogP contribution in [0.3, 0.4) is 0 Å². The summed E-state index contributed by atoms with van der Waals surface area (Å²) >= 11 is 0. The van der Waals surface area contributed by atoms with E-state index in [2.05, 4.69) is 0 Å². The highest BCUT2D eigenvalue weighted by Crippen LogP contribution is 2.29. The van der Waals surface area contributed by atoms with E-state index in [9.17, 15) is 8.42 Å². The Balaban J connectivity index is 2.39. The van der Waals surface area contributed by atoms with Crippen LogP contribution in [0.5, 0.6) is 0 Å². The van der Waals surface area contributed by atoms with Crippen molar-refractivity contribution in [3.63, 3.8) is 0 Å². The molecule has 0 saturated heterocycles. The fraction of sp³-hybridized carbons (Fsp3) is 0.500. The lowest BCUT2D eigenvalue weighted by atomic mass is 10.2. The molecule has 88 valence electrons. The molecule has 2 rings (SSSR count). The summed E-state index contributed by atoms with van der Waals surface area (Å²) < 4.78 is 24.6. The van der Waals surface area contributed by atoms with Crippen LogP contribution in [-0.4, -0.2) is 19.7 Å². The first-order valence-electron chi connectivity index (χ1n) is 5.58. The number of hydrogen-bond acceptors (Lipinski definition) is 3. The molecule has 1 aliphatic rings. The van der Waals surface area contributed by atoms with Gasteiger partial charge in [-0.3, -0.25) is 0 Å².